The van der Waals surface area contributed by atoms with Gasteiger partial charge >= 0.3 is 0 Å². The minimum atomic E-state index is -3.06. The first-order valence-electron chi connectivity index (χ1n) is 7.86. The summed E-state index contributed by atoms with van der Waals surface area (Å²) in [6.07, 6.45) is 0.450. The Bertz CT molecular complexity index is 939. The van der Waals surface area contributed by atoms with E-state index in [1.165, 1.54) is 4.90 Å². The van der Waals surface area contributed by atoms with Gasteiger partial charge in [-0.15, -0.1) is 5.10 Å². The fourth-order valence-corrected chi connectivity index (χ4v) is 4.85. The van der Waals surface area contributed by atoms with Crippen LogP contribution >= 0.6 is 11.6 Å². The van der Waals surface area contributed by atoms with Crippen LogP contribution in [-0.4, -0.2) is 58.8 Å². The summed E-state index contributed by atoms with van der Waals surface area (Å²) in [4.78, 5) is 14.2. The molecule has 1 aliphatic heterocycles. The van der Waals surface area contributed by atoms with Crippen molar-refractivity contribution in [2.75, 3.05) is 18.6 Å². The van der Waals surface area contributed by atoms with E-state index in [1.54, 1.807) is 24.7 Å². The molecule has 9 heteroatoms. The topological polar surface area (TPSA) is 85.2 Å². The van der Waals surface area contributed by atoms with Crippen LogP contribution in [0.1, 0.15) is 28.2 Å². The highest BCUT2D eigenvalue weighted by atomic mass is 35.5. The van der Waals surface area contributed by atoms with Crippen LogP contribution in [0.5, 0.6) is 0 Å². The summed E-state index contributed by atoms with van der Waals surface area (Å²) in [6, 6.07) is 5.16. The van der Waals surface area contributed by atoms with Gasteiger partial charge in [-0.3, -0.25) is 4.79 Å². The minimum absolute atomic E-state index is 0.00397. The third-order valence-corrected chi connectivity index (χ3v) is 6.73. The molecule has 0 unspecified atom stereocenters. The highest BCUT2D eigenvalue weighted by molar-refractivity contribution is 7.91. The van der Waals surface area contributed by atoms with Crippen molar-refractivity contribution in [3.05, 3.63) is 40.2 Å². The first kappa shape index (κ1) is 17.9. The van der Waals surface area contributed by atoms with Gasteiger partial charge in [-0.1, -0.05) is 22.9 Å². The summed E-state index contributed by atoms with van der Waals surface area (Å²) >= 11 is 6.16. The van der Waals surface area contributed by atoms with Crippen molar-refractivity contribution in [3.63, 3.8) is 0 Å². The van der Waals surface area contributed by atoms with E-state index >= 15 is 0 Å². The van der Waals surface area contributed by atoms with Crippen LogP contribution in [0.15, 0.2) is 18.2 Å². The predicted octanol–water partition coefficient (Wildman–Crippen LogP) is 1.80. The number of sulfone groups is 1. The lowest BCUT2D eigenvalue weighted by Gasteiger charge is -2.22. The molecule has 3 rings (SSSR count). The maximum atomic E-state index is 12.7. The molecule has 0 N–H and O–H groups in total. The zero-order valence-electron chi connectivity index (χ0n) is 14.2. The van der Waals surface area contributed by atoms with E-state index in [-0.39, 0.29) is 29.1 Å². The summed E-state index contributed by atoms with van der Waals surface area (Å²) in [5, 5.41) is 8.67. The molecule has 1 aromatic heterocycles. The second-order valence-corrected chi connectivity index (χ2v) is 8.98. The zero-order chi connectivity index (χ0) is 18.4. The maximum absolute atomic E-state index is 12.7. The smallest absolute Gasteiger partial charge is 0.276 e. The molecular formula is C16H19ClN4O3S. The van der Waals surface area contributed by atoms with Gasteiger partial charge < -0.3 is 4.90 Å². The fourth-order valence-electron chi connectivity index (χ4n) is 2.90. The average molecular weight is 383 g/mol. The number of amides is 1. The monoisotopic (exact) mass is 382 g/mol. The van der Waals surface area contributed by atoms with Crippen LogP contribution in [0.3, 0.4) is 0 Å². The van der Waals surface area contributed by atoms with E-state index in [2.05, 4.69) is 10.3 Å². The zero-order valence-corrected chi connectivity index (χ0v) is 15.8. The molecular weight excluding hydrogens is 364 g/mol. The Morgan fingerprint density at radius 3 is 2.68 bits per heavy atom. The molecule has 0 bridgehead atoms. The Labute approximate surface area is 151 Å². The Kier molecular flexibility index (Phi) is 4.59. The highest BCUT2D eigenvalue weighted by Crippen LogP contribution is 2.22. The molecule has 0 radical (unpaired) electrons. The highest BCUT2D eigenvalue weighted by Gasteiger charge is 2.34. The molecule has 0 spiro atoms. The third kappa shape index (κ3) is 3.41. The van der Waals surface area contributed by atoms with Crippen molar-refractivity contribution >= 4 is 27.3 Å². The number of rotatable bonds is 3. The lowest BCUT2D eigenvalue weighted by Crippen LogP contribution is -2.38. The van der Waals surface area contributed by atoms with Gasteiger partial charge in [-0.25, -0.2) is 13.1 Å². The van der Waals surface area contributed by atoms with Gasteiger partial charge in [0.05, 0.1) is 22.9 Å². The largest absolute Gasteiger partial charge is 0.336 e. The number of aromatic nitrogens is 3. The Morgan fingerprint density at radius 1 is 1.36 bits per heavy atom. The first-order chi connectivity index (χ1) is 11.7. The molecule has 7 nitrogen and oxygen atoms in total. The first-order valence-corrected chi connectivity index (χ1v) is 10.1. The van der Waals surface area contributed by atoms with E-state index in [0.29, 0.717) is 22.8 Å². The van der Waals surface area contributed by atoms with Gasteiger partial charge in [-0.05, 0) is 38.0 Å². The summed E-state index contributed by atoms with van der Waals surface area (Å²) in [5.41, 5.74) is 2.45. The van der Waals surface area contributed by atoms with E-state index in [9.17, 15) is 13.2 Å². The molecule has 134 valence electrons. The molecule has 1 saturated heterocycles. The van der Waals surface area contributed by atoms with Crippen molar-refractivity contribution in [1.82, 2.24) is 19.9 Å². The number of benzene rings is 1. The lowest BCUT2D eigenvalue weighted by molar-refractivity contribution is 0.0741. The van der Waals surface area contributed by atoms with Crippen molar-refractivity contribution in [2.45, 2.75) is 26.3 Å². The Morgan fingerprint density at radius 2 is 2.08 bits per heavy atom. The summed E-state index contributed by atoms with van der Waals surface area (Å²) < 4.78 is 24.8. The molecule has 1 amide bonds. The summed E-state index contributed by atoms with van der Waals surface area (Å²) in [5.74, 6) is -0.220. The second-order valence-electron chi connectivity index (χ2n) is 6.34. The number of hydrogen-bond donors (Lipinski definition) is 0. The van der Waals surface area contributed by atoms with Gasteiger partial charge in [0.25, 0.3) is 5.91 Å². The van der Waals surface area contributed by atoms with E-state index < -0.39 is 9.84 Å². The standard InChI is InChI=1S/C16H19ClN4O3S/c1-10-4-5-12(8-14(10)17)21-11(2)15(18-19-21)16(22)20(3)13-6-7-25(23,24)9-13/h4-5,8,13H,6-7,9H2,1-3H3/t13-/m0/s1. The second kappa shape index (κ2) is 6.42. The molecule has 0 aliphatic carbocycles. The predicted molar refractivity (Wildman–Crippen MR) is 95.0 cm³/mol. The maximum Gasteiger partial charge on any atom is 0.276 e. The van der Waals surface area contributed by atoms with Crippen molar-refractivity contribution in [1.29, 1.82) is 0 Å². The van der Waals surface area contributed by atoms with Crippen molar-refractivity contribution < 1.29 is 13.2 Å². The van der Waals surface area contributed by atoms with Gasteiger partial charge in [0.2, 0.25) is 0 Å². The molecule has 1 aliphatic rings. The molecule has 2 aromatic rings. The SMILES string of the molecule is Cc1ccc(-n2nnc(C(=O)N(C)[C@H]3CCS(=O)(=O)C3)c2C)cc1Cl. The van der Waals surface area contributed by atoms with E-state index in [1.807, 2.05) is 19.1 Å². The van der Waals surface area contributed by atoms with Crippen LogP contribution in [0.25, 0.3) is 5.69 Å². The number of aryl methyl sites for hydroxylation is 1. The summed E-state index contributed by atoms with van der Waals surface area (Å²) in [6.45, 7) is 3.65. The number of carbonyl (C=O) groups excluding carboxylic acids is 1. The lowest BCUT2D eigenvalue weighted by atomic mass is 10.2. The van der Waals surface area contributed by atoms with Crippen LogP contribution < -0.4 is 0 Å². The average Bonchev–Trinajstić information content (AvgIpc) is 3.11. The fraction of sp³-hybridized carbons (Fsp3) is 0.438. The molecule has 0 saturated carbocycles. The Hall–Kier alpha value is -1.93. The molecule has 1 aromatic carbocycles. The van der Waals surface area contributed by atoms with Crippen molar-refractivity contribution in [3.8, 4) is 5.69 Å². The van der Waals surface area contributed by atoms with Gasteiger partial charge in [0.1, 0.15) is 0 Å². The normalized spacial score (nSPS) is 19.1. The number of halogens is 1. The van der Waals surface area contributed by atoms with E-state index in [0.717, 1.165) is 5.56 Å². The van der Waals surface area contributed by atoms with Crippen LogP contribution in [0, 0.1) is 13.8 Å². The van der Waals surface area contributed by atoms with Crippen molar-refractivity contribution in [2.24, 2.45) is 0 Å². The number of hydrogen-bond acceptors (Lipinski definition) is 5. The molecule has 1 fully saturated rings. The minimum Gasteiger partial charge on any atom is -0.336 e. The van der Waals surface area contributed by atoms with Gasteiger partial charge in [0, 0.05) is 18.1 Å². The van der Waals surface area contributed by atoms with E-state index in [4.69, 9.17) is 11.6 Å². The van der Waals surface area contributed by atoms with Crippen LogP contribution in [-0.2, 0) is 9.84 Å². The quantitative estimate of drug-likeness (QED) is 0.808. The van der Waals surface area contributed by atoms with Gasteiger partial charge in [0.15, 0.2) is 15.5 Å². The van der Waals surface area contributed by atoms with Crippen LogP contribution in [0.4, 0.5) is 0 Å². The number of carbonyl (C=O) groups is 1. The Balaban J connectivity index is 1.87. The summed E-state index contributed by atoms with van der Waals surface area (Å²) in [7, 11) is -1.46. The molecule has 2 heterocycles. The third-order valence-electron chi connectivity index (χ3n) is 4.57. The molecule has 25 heavy (non-hydrogen) atoms. The number of nitrogens with zero attached hydrogens (tertiary/aromatic N) is 4. The van der Waals surface area contributed by atoms with Crippen LogP contribution in [0.2, 0.25) is 5.02 Å². The van der Waals surface area contributed by atoms with Gasteiger partial charge in [-0.2, -0.15) is 0 Å². The molecule has 1 atom stereocenters.